The molecule has 0 aliphatic rings. The summed E-state index contributed by atoms with van der Waals surface area (Å²) < 4.78 is 25.9. The van der Waals surface area contributed by atoms with E-state index in [4.69, 9.17) is 15.0 Å². The van der Waals surface area contributed by atoms with E-state index < -0.39 is 42.2 Å². The molecule has 2 aromatic rings. The summed E-state index contributed by atoms with van der Waals surface area (Å²) in [6.45, 7) is 13.6. The minimum absolute atomic E-state index is 0.0419. The van der Waals surface area contributed by atoms with Crippen LogP contribution in [0.25, 0.3) is 11.2 Å². The molecule has 0 amide bonds. The van der Waals surface area contributed by atoms with Crippen molar-refractivity contribution in [3.8, 4) is 0 Å². The monoisotopic (exact) mass is 481 g/mol. The van der Waals surface area contributed by atoms with Crippen LogP contribution in [0.4, 0.5) is 5.95 Å². The Hall–Kier alpha value is -2.62. The SMILES string of the molecule is C=C(COCP(=O)(OCC(=O)C(C)(C)C)C(=O)C(C)(C)C)Cn1cnc2c(=O)[nH]c(N)nc21. The minimum Gasteiger partial charge on any atom is -0.369 e. The fraction of sp³-hybridized carbons (Fsp3) is 0.571. The number of hydrogen-bond donors (Lipinski definition) is 2. The molecule has 3 N–H and O–H groups in total. The number of Topliss-reactive ketones (excluding diaryl/α,β-unsaturated/α-hetero) is 1. The molecule has 11 nitrogen and oxygen atoms in total. The molecular formula is C21H32N5O6P. The molecule has 0 bridgehead atoms. The van der Waals surface area contributed by atoms with Crippen LogP contribution in [0.5, 0.6) is 0 Å². The van der Waals surface area contributed by atoms with Gasteiger partial charge < -0.3 is 19.6 Å². The molecule has 2 heterocycles. The van der Waals surface area contributed by atoms with Crippen molar-refractivity contribution in [1.82, 2.24) is 19.5 Å². The summed E-state index contributed by atoms with van der Waals surface area (Å²) in [7, 11) is -3.95. The molecule has 0 aromatic carbocycles. The number of aromatic amines is 1. The number of nitrogens with one attached hydrogen (secondary N) is 1. The van der Waals surface area contributed by atoms with Crippen LogP contribution in [0.3, 0.4) is 0 Å². The summed E-state index contributed by atoms with van der Waals surface area (Å²) in [5, 5.41) is 0. The Morgan fingerprint density at radius 2 is 1.82 bits per heavy atom. The molecule has 2 rings (SSSR count). The van der Waals surface area contributed by atoms with E-state index in [1.54, 1.807) is 46.1 Å². The molecule has 0 saturated heterocycles. The van der Waals surface area contributed by atoms with Crippen molar-refractivity contribution in [2.45, 2.75) is 48.1 Å². The maximum atomic E-state index is 13.4. The third-order valence-corrected chi connectivity index (χ3v) is 7.00. The van der Waals surface area contributed by atoms with Gasteiger partial charge in [0.25, 0.3) is 12.9 Å². The molecule has 0 radical (unpaired) electrons. The van der Waals surface area contributed by atoms with Gasteiger partial charge >= 0.3 is 0 Å². The highest BCUT2D eigenvalue weighted by atomic mass is 31.2. The third-order valence-electron chi connectivity index (χ3n) is 4.65. The minimum atomic E-state index is -3.95. The average Bonchev–Trinajstić information content (AvgIpc) is 3.06. The molecule has 2 aromatic heterocycles. The lowest BCUT2D eigenvalue weighted by Gasteiger charge is -2.26. The molecule has 12 heteroatoms. The zero-order chi connectivity index (χ0) is 25.2. The predicted octanol–water partition coefficient (Wildman–Crippen LogP) is 2.71. The van der Waals surface area contributed by atoms with Gasteiger partial charge in [-0.1, -0.05) is 48.1 Å². The number of hydrogen-bond acceptors (Lipinski definition) is 9. The number of imidazole rings is 1. The zero-order valence-corrected chi connectivity index (χ0v) is 20.8. The Labute approximate surface area is 192 Å². The van der Waals surface area contributed by atoms with Crippen molar-refractivity contribution < 1.29 is 23.4 Å². The van der Waals surface area contributed by atoms with E-state index in [0.29, 0.717) is 5.57 Å². The van der Waals surface area contributed by atoms with Crippen molar-refractivity contribution in [2.75, 3.05) is 25.3 Å². The summed E-state index contributed by atoms with van der Waals surface area (Å²) in [6, 6.07) is 0. The van der Waals surface area contributed by atoms with Crippen LogP contribution in [-0.4, -0.2) is 50.4 Å². The summed E-state index contributed by atoms with van der Waals surface area (Å²) in [5.41, 5.74) is 3.84. The number of anilines is 1. The number of ketones is 1. The number of carbonyl (C=O) groups excluding carboxylic acids is 2. The summed E-state index contributed by atoms with van der Waals surface area (Å²) in [5.74, 6) is -0.317. The van der Waals surface area contributed by atoms with Crippen LogP contribution in [0.2, 0.25) is 0 Å². The molecule has 0 aliphatic heterocycles. The van der Waals surface area contributed by atoms with Gasteiger partial charge in [0.05, 0.1) is 12.9 Å². The normalized spacial score (nSPS) is 14.2. The van der Waals surface area contributed by atoms with Crippen molar-refractivity contribution >= 4 is 35.8 Å². The first kappa shape index (κ1) is 26.6. The van der Waals surface area contributed by atoms with Crippen LogP contribution in [0.15, 0.2) is 23.3 Å². The van der Waals surface area contributed by atoms with Gasteiger partial charge in [0.2, 0.25) is 11.5 Å². The van der Waals surface area contributed by atoms with Crippen molar-refractivity contribution in [3.63, 3.8) is 0 Å². The fourth-order valence-electron chi connectivity index (χ4n) is 2.73. The molecule has 0 fully saturated rings. The van der Waals surface area contributed by atoms with E-state index in [1.165, 1.54) is 6.33 Å². The molecule has 33 heavy (non-hydrogen) atoms. The number of rotatable bonds is 10. The molecular weight excluding hydrogens is 449 g/mol. The van der Waals surface area contributed by atoms with Gasteiger partial charge in [-0.05, 0) is 5.57 Å². The van der Waals surface area contributed by atoms with Crippen LogP contribution in [0, 0.1) is 10.8 Å². The Kier molecular flexibility index (Phi) is 7.83. The lowest BCUT2D eigenvalue weighted by atomic mass is 9.91. The maximum Gasteiger partial charge on any atom is 0.292 e. The molecule has 1 unspecified atom stereocenters. The first-order valence-corrected chi connectivity index (χ1v) is 12.1. The van der Waals surface area contributed by atoms with Gasteiger partial charge in [-0.25, -0.2) is 4.98 Å². The molecule has 0 saturated carbocycles. The highest BCUT2D eigenvalue weighted by Gasteiger charge is 2.42. The largest absolute Gasteiger partial charge is 0.369 e. The van der Waals surface area contributed by atoms with E-state index in [9.17, 15) is 18.9 Å². The molecule has 182 valence electrons. The van der Waals surface area contributed by atoms with Crippen molar-refractivity contribution in [1.29, 1.82) is 0 Å². The smallest absolute Gasteiger partial charge is 0.292 e. The maximum absolute atomic E-state index is 13.4. The molecule has 0 spiro atoms. The second-order valence-corrected chi connectivity index (χ2v) is 12.2. The topological polar surface area (TPSA) is 159 Å². The number of carbonyl (C=O) groups is 2. The van der Waals surface area contributed by atoms with Crippen molar-refractivity contribution in [2.24, 2.45) is 10.8 Å². The number of ether oxygens (including phenoxy) is 1. The van der Waals surface area contributed by atoms with Crippen LogP contribution < -0.4 is 11.3 Å². The van der Waals surface area contributed by atoms with Crippen LogP contribution >= 0.6 is 7.37 Å². The average molecular weight is 481 g/mol. The second kappa shape index (κ2) is 9.70. The molecule has 1 atom stereocenters. The van der Waals surface area contributed by atoms with E-state index in [0.717, 1.165) is 0 Å². The number of aromatic nitrogens is 4. The van der Waals surface area contributed by atoms with E-state index in [2.05, 4.69) is 21.5 Å². The van der Waals surface area contributed by atoms with Crippen molar-refractivity contribution in [3.05, 3.63) is 28.8 Å². The van der Waals surface area contributed by atoms with Gasteiger partial charge in [0.1, 0.15) is 13.0 Å². The summed E-state index contributed by atoms with van der Waals surface area (Å²) in [4.78, 5) is 47.4. The summed E-state index contributed by atoms with van der Waals surface area (Å²) >= 11 is 0. The van der Waals surface area contributed by atoms with Gasteiger partial charge in [-0.2, -0.15) is 4.98 Å². The predicted molar refractivity (Wildman–Crippen MR) is 125 cm³/mol. The van der Waals surface area contributed by atoms with E-state index in [1.807, 2.05) is 0 Å². The Balaban J connectivity index is 2.07. The van der Waals surface area contributed by atoms with Gasteiger partial charge in [-0.15, -0.1) is 0 Å². The first-order valence-electron chi connectivity index (χ1n) is 10.3. The number of fused-ring (bicyclic) bond motifs is 1. The zero-order valence-electron chi connectivity index (χ0n) is 19.9. The number of nitrogens with zero attached hydrogens (tertiary/aromatic N) is 3. The Morgan fingerprint density at radius 1 is 1.18 bits per heavy atom. The highest BCUT2D eigenvalue weighted by molar-refractivity contribution is 7.76. The number of nitrogen functional groups attached to an aromatic ring is 1. The number of H-pyrrole nitrogens is 1. The lowest BCUT2D eigenvalue weighted by Crippen LogP contribution is -2.28. The standard InChI is InChI=1S/C21H32N5O6P/c1-13(8-26-11-23-15-16(26)24-19(22)25-17(15)28)9-31-12-33(30,18(29)21(5,6)7)32-10-14(27)20(2,3)4/h11H,1,8-10,12H2,2-7H3,(H3,22,24,25,28). The second-order valence-electron chi connectivity index (χ2n) is 9.90. The fourth-order valence-corrected chi connectivity index (χ4v) is 4.72. The number of nitrogens with two attached hydrogens (primary N) is 1. The van der Waals surface area contributed by atoms with Crippen LogP contribution in [-0.2, 0) is 30.0 Å². The lowest BCUT2D eigenvalue weighted by molar-refractivity contribution is -0.128. The quantitative estimate of drug-likeness (QED) is 0.384. The summed E-state index contributed by atoms with van der Waals surface area (Å²) in [6.07, 6.45) is 0.932. The first-order chi connectivity index (χ1) is 15.0. The Morgan fingerprint density at radius 3 is 2.39 bits per heavy atom. The van der Waals surface area contributed by atoms with Gasteiger partial charge in [0.15, 0.2) is 16.9 Å². The molecule has 0 aliphatic carbocycles. The van der Waals surface area contributed by atoms with Gasteiger partial charge in [0, 0.05) is 17.4 Å². The van der Waals surface area contributed by atoms with Gasteiger partial charge in [-0.3, -0.25) is 23.9 Å². The highest BCUT2D eigenvalue weighted by Crippen LogP contribution is 2.53. The van der Waals surface area contributed by atoms with E-state index in [-0.39, 0.29) is 36.0 Å². The third kappa shape index (κ3) is 6.69. The van der Waals surface area contributed by atoms with Crippen LogP contribution in [0.1, 0.15) is 41.5 Å². The Bertz CT molecular complexity index is 1170. The van der Waals surface area contributed by atoms with E-state index >= 15 is 0 Å².